The van der Waals surface area contributed by atoms with Crippen molar-refractivity contribution in [2.75, 3.05) is 0 Å². The Kier molecular flexibility index (Phi) is 10.3. The lowest BCUT2D eigenvalue weighted by molar-refractivity contribution is -0.253. The third-order valence-electron chi connectivity index (χ3n) is 7.40. The second-order valence-electron chi connectivity index (χ2n) is 10.7. The second kappa shape index (κ2) is 13.6. The Bertz CT molecular complexity index is 1820. The number of benzene rings is 4. The molecule has 1 N–H and O–H groups in total. The normalized spacial score (nSPS) is 13.7. The van der Waals surface area contributed by atoms with E-state index in [4.69, 9.17) is 0 Å². The molecule has 1 atom stereocenters. The fraction of sp³-hybridized carbons (Fsp3) is 0.242. The van der Waals surface area contributed by atoms with E-state index >= 15 is 4.39 Å². The highest BCUT2D eigenvalue weighted by atomic mass is 19.4. The Morgan fingerprint density at radius 1 is 0.694 bits per heavy atom. The topological polar surface area (TPSA) is 38.3 Å². The summed E-state index contributed by atoms with van der Waals surface area (Å²) >= 11 is 0. The predicted molar refractivity (Wildman–Crippen MR) is 149 cm³/mol. The van der Waals surface area contributed by atoms with E-state index in [1.54, 1.807) is 19.1 Å². The molecule has 0 saturated carbocycles. The first-order valence-electron chi connectivity index (χ1n) is 14.0. The summed E-state index contributed by atoms with van der Waals surface area (Å²) in [7, 11) is 0. The van der Waals surface area contributed by atoms with Gasteiger partial charge in [0.05, 0.1) is 16.7 Å². The van der Waals surface area contributed by atoms with Gasteiger partial charge in [0.1, 0.15) is 23.2 Å². The van der Waals surface area contributed by atoms with Crippen LogP contribution >= 0.6 is 0 Å². The number of hydrogen-bond acceptors (Lipinski definition) is 2. The highest BCUT2D eigenvalue weighted by Gasteiger charge is 2.45. The van der Waals surface area contributed by atoms with Gasteiger partial charge in [0.15, 0.2) is 0 Å². The second-order valence-corrected chi connectivity index (χ2v) is 10.7. The van der Waals surface area contributed by atoms with Crippen molar-refractivity contribution in [1.29, 1.82) is 0 Å². The monoisotopic (exact) mass is 711 g/mol. The lowest BCUT2D eigenvalue weighted by Gasteiger charge is -2.37. The molecular formula is C33H22F13NO2. The molecule has 0 unspecified atom stereocenters. The standard InChI is InChI=1S/C33H22F13NO2/c1-2-17-3-5-18(6-4-17)16-30(20-8-10-27(36)25(14-20)32(42,43)44,21-12-22(34)15-23(13-21)49-33(45,46)29(37)38)47-28(48)19-7-9-26(35)24(11-19)31(39,40)41/h3-15,29H,2,16H2,1H3,(H,47,48)/t30-/m0/s1. The molecule has 0 aliphatic carbocycles. The molecule has 0 fully saturated rings. The quantitative estimate of drug-likeness (QED) is 0.167. The van der Waals surface area contributed by atoms with Crippen molar-refractivity contribution in [2.45, 2.75) is 50.2 Å². The van der Waals surface area contributed by atoms with E-state index in [1.165, 1.54) is 12.1 Å². The van der Waals surface area contributed by atoms with Crippen molar-refractivity contribution < 1.29 is 66.6 Å². The summed E-state index contributed by atoms with van der Waals surface area (Å²) in [6.45, 7) is 1.78. The minimum absolute atomic E-state index is 0.0839. The van der Waals surface area contributed by atoms with Gasteiger partial charge in [-0.1, -0.05) is 37.3 Å². The van der Waals surface area contributed by atoms with E-state index in [0.29, 0.717) is 36.8 Å². The SMILES string of the molecule is CCc1ccc(C[C@@](NC(=O)c2ccc(F)c(C(F)(F)F)c2)(c2cc(F)cc(OC(F)(F)C(F)F)c2)c2ccc(F)c(C(F)(F)F)c2)cc1. The first kappa shape index (κ1) is 37.1. The summed E-state index contributed by atoms with van der Waals surface area (Å²) in [6.07, 6.45) is -20.6. The van der Waals surface area contributed by atoms with Crippen molar-refractivity contribution in [2.24, 2.45) is 0 Å². The Balaban J connectivity index is 2.06. The molecule has 0 radical (unpaired) electrons. The summed E-state index contributed by atoms with van der Waals surface area (Å²) in [5, 5.41) is 2.22. The first-order chi connectivity index (χ1) is 22.7. The predicted octanol–water partition coefficient (Wildman–Crippen LogP) is 9.86. The van der Waals surface area contributed by atoms with Gasteiger partial charge < -0.3 is 10.1 Å². The van der Waals surface area contributed by atoms with Gasteiger partial charge in [-0.2, -0.15) is 43.9 Å². The maximum Gasteiger partial charge on any atom is 0.461 e. The van der Waals surface area contributed by atoms with E-state index in [-0.39, 0.29) is 29.8 Å². The summed E-state index contributed by atoms with van der Waals surface area (Å²) < 4.78 is 184. The average Bonchev–Trinajstić information content (AvgIpc) is 2.99. The van der Waals surface area contributed by atoms with Gasteiger partial charge in [0, 0.05) is 18.1 Å². The Morgan fingerprint density at radius 3 is 1.80 bits per heavy atom. The van der Waals surface area contributed by atoms with E-state index in [2.05, 4.69) is 10.1 Å². The van der Waals surface area contributed by atoms with E-state index in [0.717, 1.165) is 5.56 Å². The number of hydrogen-bond donors (Lipinski definition) is 1. The third-order valence-corrected chi connectivity index (χ3v) is 7.40. The zero-order valence-corrected chi connectivity index (χ0v) is 24.7. The number of amides is 1. The molecule has 0 bridgehead atoms. The highest BCUT2D eigenvalue weighted by Crippen LogP contribution is 2.41. The average molecular weight is 712 g/mol. The molecule has 1 amide bonds. The van der Waals surface area contributed by atoms with Crippen LogP contribution in [0.4, 0.5) is 57.1 Å². The molecule has 16 heteroatoms. The van der Waals surface area contributed by atoms with Crippen LogP contribution in [-0.2, 0) is 30.7 Å². The van der Waals surface area contributed by atoms with Crippen LogP contribution in [0, 0.1) is 17.5 Å². The van der Waals surface area contributed by atoms with E-state index in [9.17, 15) is 57.5 Å². The van der Waals surface area contributed by atoms with Gasteiger partial charge in [0.25, 0.3) is 5.91 Å². The first-order valence-corrected chi connectivity index (χ1v) is 14.0. The fourth-order valence-electron chi connectivity index (χ4n) is 4.99. The number of nitrogens with one attached hydrogen (secondary N) is 1. The maximum absolute atomic E-state index is 15.1. The zero-order chi connectivity index (χ0) is 36.5. The van der Waals surface area contributed by atoms with Crippen LogP contribution in [0.5, 0.6) is 5.75 Å². The fourth-order valence-corrected chi connectivity index (χ4v) is 4.99. The number of ether oxygens (including phenoxy) is 1. The van der Waals surface area contributed by atoms with Crippen molar-refractivity contribution in [1.82, 2.24) is 5.32 Å². The van der Waals surface area contributed by atoms with Crippen LogP contribution in [-0.4, -0.2) is 18.4 Å². The van der Waals surface area contributed by atoms with Crippen LogP contribution < -0.4 is 10.1 Å². The number of halogens is 13. The van der Waals surface area contributed by atoms with Gasteiger partial charge in [-0.15, -0.1) is 0 Å². The molecule has 0 aliphatic rings. The van der Waals surface area contributed by atoms with Crippen molar-refractivity contribution in [3.05, 3.63) is 135 Å². The molecule has 262 valence electrons. The summed E-state index contributed by atoms with van der Waals surface area (Å²) in [4.78, 5) is 13.7. The van der Waals surface area contributed by atoms with E-state index < -0.39 is 93.8 Å². The molecule has 0 heterocycles. The zero-order valence-electron chi connectivity index (χ0n) is 24.7. The molecule has 0 spiro atoms. The minimum Gasteiger partial charge on any atom is -0.428 e. The molecule has 0 aromatic heterocycles. The number of alkyl halides is 10. The van der Waals surface area contributed by atoms with Gasteiger partial charge in [-0.05, 0) is 71.1 Å². The van der Waals surface area contributed by atoms with Crippen LogP contribution in [0.25, 0.3) is 0 Å². The maximum atomic E-state index is 15.1. The van der Waals surface area contributed by atoms with Crippen LogP contribution in [0.1, 0.15) is 50.7 Å². The number of carbonyl (C=O) groups excluding carboxylic acids is 1. The summed E-state index contributed by atoms with van der Waals surface area (Å²) in [5.41, 5.74) is -7.90. The van der Waals surface area contributed by atoms with Gasteiger partial charge in [0.2, 0.25) is 0 Å². The molecule has 0 saturated heterocycles. The number of aryl methyl sites for hydroxylation is 1. The number of carbonyl (C=O) groups is 1. The minimum atomic E-state index is -5.38. The highest BCUT2D eigenvalue weighted by molar-refractivity contribution is 5.95. The summed E-state index contributed by atoms with van der Waals surface area (Å²) in [6, 6.07) is 9.32. The third kappa shape index (κ3) is 8.28. The van der Waals surface area contributed by atoms with Gasteiger partial charge in [-0.3, -0.25) is 4.79 Å². The van der Waals surface area contributed by atoms with Crippen molar-refractivity contribution in [3.8, 4) is 5.75 Å². The Hall–Kier alpha value is -4.76. The lowest BCUT2D eigenvalue weighted by atomic mass is 9.76. The van der Waals surface area contributed by atoms with Crippen LogP contribution in [0.2, 0.25) is 0 Å². The van der Waals surface area contributed by atoms with E-state index in [1.807, 2.05) is 0 Å². The summed E-state index contributed by atoms with van der Waals surface area (Å²) in [5.74, 6) is -7.90. The molecule has 3 nitrogen and oxygen atoms in total. The van der Waals surface area contributed by atoms with Crippen LogP contribution in [0.3, 0.4) is 0 Å². The van der Waals surface area contributed by atoms with Crippen molar-refractivity contribution in [3.63, 3.8) is 0 Å². The van der Waals surface area contributed by atoms with Gasteiger partial charge in [-0.25, -0.2) is 13.2 Å². The largest absolute Gasteiger partial charge is 0.461 e. The molecule has 4 rings (SSSR count). The lowest BCUT2D eigenvalue weighted by Crippen LogP contribution is -2.49. The molecule has 0 aliphatic heterocycles. The number of rotatable bonds is 10. The van der Waals surface area contributed by atoms with Gasteiger partial charge >= 0.3 is 24.9 Å². The molecule has 4 aromatic carbocycles. The van der Waals surface area contributed by atoms with Crippen LogP contribution in [0.15, 0.2) is 78.9 Å². The Morgan fingerprint density at radius 2 is 1.24 bits per heavy atom. The Labute approximate surface area is 269 Å². The smallest absolute Gasteiger partial charge is 0.428 e. The van der Waals surface area contributed by atoms with Crippen molar-refractivity contribution >= 4 is 5.91 Å². The molecule has 4 aromatic rings. The molecule has 49 heavy (non-hydrogen) atoms. The molecular weight excluding hydrogens is 689 g/mol.